The number of aromatic amines is 1. The molecule has 6 nitrogen and oxygen atoms in total. The predicted molar refractivity (Wildman–Crippen MR) is 123 cm³/mol. The number of hydrogen-bond acceptors (Lipinski definition) is 4. The fourth-order valence-corrected chi connectivity index (χ4v) is 5.53. The highest BCUT2D eigenvalue weighted by Crippen LogP contribution is 2.42. The molecule has 0 atom stereocenters. The summed E-state index contributed by atoms with van der Waals surface area (Å²) in [4.78, 5) is 16.4. The minimum Gasteiger partial charge on any atom is -0.360 e. The molecule has 6 rings (SSSR count). The van der Waals surface area contributed by atoms with Crippen LogP contribution in [0.3, 0.4) is 0 Å². The number of aromatic nitrogens is 5. The predicted octanol–water partition coefficient (Wildman–Crippen LogP) is 5.49. The summed E-state index contributed by atoms with van der Waals surface area (Å²) >= 11 is 1.51. The summed E-state index contributed by atoms with van der Waals surface area (Å²) in [5, 5.41) is 11.0. The quantitative estimate of drug-likeness (QED) is 0.310. The molecule has 2 saturated carbocycles. The molecular weight excluding hydrogens is 406 g/mol. The zero-order chi connectivity index (χ0) is 21.1. The first-order valence-corrected chi connectivity index (χ1v) is 12.0. The Morgan fingerprint density at radius 2 is 1.84 bits per heavy atom. The van der Waals surface area contributed by atoms with E-state index in [-0.39, 0.29) is 5.78 Å². The Morgan fingerprint density at radius 1 is 1.10 bits per heavy atom. The number of rotatable bonds is 7. The van der Waals surface area contributed by atoms with Gasteiger partial charge in [0.1, 0.15) is 0 Å². The van der Waals surface area contributed by atoms with Crippen molar-refractivity contribution >= 4 is 28.4 Å². The average molecular weight is 432 g/mol. The Morgan fingerprint density at radius 3 is 2.61 bits per heavy atom. The second-order valence-corrected chi connectivity index (χ2v) is 9.70. The first-order chi connectivity index (χ1) is 15.1. The molecule has 3 aromatic heterocycles. The summed E-state index contributed by atoms with van der Waals surface area (Å²) < 4.78 is 4.57. The molecule has 1 N–H and O–H groups in total. The van der Waals surface area contributed by atoms with Crippen molar-refractivity contribution in [3.8, 4) is 11.4 Å². The highest BCUT2D eigenvalue weighted by molar-refractivity contribution is 7.99. The Bertz CT molecular complexity index is 1300. The molecule has 2 fully saturated rings. The van der Waals surface area contributed by atoms with Gasteiger partial charge in [0.25, 0.3) is 0 Å². The number of carbonyl (C=O) groups excluding carboxylic acids is 1. The van der Waals surface area contributed by atoms with Crippen molar-refractivity contribution in [2.75, 3.05) is 5.75 Å². The minimum atomic E-state index is 0.170. The van der Waals surface area contributed by atoms with Gasteiger partial charge in [0.15, 0.2) is 16.8 Å². The van der Waals surface area contributed by atoms with Crippen LogP contribution in [0.1, 0.15) is 59.5 Å². The summed E-state index contributed by atoms with van der Waals surface area (Å²) in [6.45, 7) is 4.18. The third kappa shape index (κ3) is 3.22. The molecule has 0 amide bonds. The number of para-hydroxylation sites is 1. The van der Waals surface area contributed by atoms with Crippen LogP contribution >= 0.6 is 11.8 Å². The zero-order valence-electron chi connectivity index (χ0n) is 17.8. The van der Waals surface area contributed by atoms with Gasteiger partial charge >= 0.3 is 0 Å². The molecule has 7 heteroatoms. The minimum absolute atomic E-state index is 0.170. The zero-order valence-corrected chi connectivity index (χ0v) is 18.6. The van der Waals surface area contributed by atoms with Crippen LogP contribution in [0.4, 0.5) is 0 Å². The van der Waals surface area contributed by atoms with Gasteiger partial charge in [0.2, 0.25) is 0 Å². The lowest BCUT2D eigenvalue weighted by Crippen LogP contribution is -2.07. The molecule has 158 valence electrons. The van der Waals surface area contributed by atoms with E-state index in [2.05, 4.69) is 56.4 Å². The fraction of sp³-hybridized carbons (Fsp3) is 0.375. The summed E-state index contributed by atoms with van der Waals surface area (Å²) in [5.41, 5.74) is 5.32. The molecule has 0 unspecified atom stereocenters. The Labute approximate surface area is 185 Å². The maximum Gasteiger partial charge on any atom is 0.192 e. The number of benzene rings is 1. The van der Waals surface area contributed by atoms with Crippen molar-refractivity contribution in [2.45, 2.75) is 56.8 Å². The summed E-state index contributed by atoms with van der Waals surface area (Å²) in [7, 11) is 0. The van der Waals surface area contributed by atoms with Crippen LogP contribution in [-0.4, -0.2) is 35.9 Å². The Hall–Kier alpha value is -2.80. The van der Waals surface area contributed by atoms with Crippen LogP contribution in [-0.2, 0) is 0 Å². The molecule has 2 aliphatic carbocycles. The number of Topliss-reactive ketones (excluding diaryl/α,β-unsaturated/α-hetero) is 1. The number of carbonyl (C=O) groups is 1. The van der Waals surface area contributed by atoms with Crippen LogP contribution in [0.25, 0.3) is 22.3 Å². The van der Waals surface area contributed by atoms with Crippen molar-refractivity contribution < 1.29 is 4.79 Å². The molecule has 3 heterocycles. The monoisotopic (exact) mass is 431 g/mol. The number of H-pyrrole nitrogens is 1. The highest BCUT2D eigenvalue weighted by Gasteiger charge is 2.32. The SMILES string of the molecule is Cc1cc(C(=O)CSc2nnc(-c3c[nH]c4ccccc34)n2C2CC2)c(C)n1C1CC1. The topological polar surface area (TPSA) is 68.5 Å². The molecular formula is C24H25N5OS. The Kier molecular flexibility index (Phi) is 4.35. The van der Waals surface area contributed by atoms with Gasteiger partial charge < -0.3 is 9.55 Å². The lowest BCUT2D eigenvalue weighted by Gasteiger charge is -2.09. The van der Waals surface area contributed by atoms with E-state index in [1.54, 1.807) is 0 Å². The van der Waals surface area contributed by atoms with Crippen molar-refractivity contribution in [1.29, 1.82) is 0 Å². The van der Waals surface area contributed by atoms with Crippen LogP contribution in [0.2, 0.25) is 0 Å². The van der Waals surface area contributed by atoms with Crippen LogP contribution in [0.15, 0.2) is 41.7 Å². The molecule has 1 aromatic carbocycles. The maximum atomic E-state index is 13.1. The van der Waals surface area contributed by atoms with E-state index in [0.29, 0.717) is 17.8 Å². The summed E-state index contributed by atoms with van der Waals surface area (Å²) in [6, 6.07) is 11.3. The lowest BCUT2D eigenvalue weighted by atomic mass is 10.1. The van der Waals surface area contributed by atoms with Gasteiger partial charge in [0.05, 0.1) is 5.75 Å². The van der Waals surface area contributed by atoms with Crippen LogP contribution in [0.5, 0.6) is 0 Å². The summed E-state index contributed by atoms with van der Waals surface area (Å²) in [6.07, 6.45) is 6.73. The molecule has 0 spiro atoms. The van der Waals surface area contributed by atoms with Gasteiger partial charge in [0, 0.05) is 51.7 Å². The fourth-order valence-electron chi connectivity index (χ4n) is 4.64. The normalized spacial score (nSPS) is 16.3. The van der Waals surface area contributed by atoms with Crippen molar-refractivity contribution in [1.82, 2.24) is 24.3 Å². The van der Waals surface area contributed by atoms with Gasteiger partial charge in [-0.25, -0.2) is 0 Å². The van der Waals surface area contributed by atoms with Gasteiger partial charge in [-0.2, -0.15) is 0 Å². The number of thioether (sulfide) groups is 1. The van der Waals surface area contributed by atoms with Gasteiger partial charge in [-0.05, 0) is 51.7 Å². The maximum absolute atomic E-state index is 13.1. The Balaban J connectivity index is 1.28. The van der Waals surface area contributed by atoms with Gasteiger partial charge in [-0.3, -0.25) is 9.36 Å². The molecule has 2 aliphatic rings. The standard InChI is InChI=1S/C24H25N5OS/c1-14-11-19(15(2)28(14)16-7-8-16)22(30)13-31-24-27-26-23(29(24)17-9-10-17)20-12-25-21-6-4-3-5-18(20)21/h3-6,11-12,16-17,25H,7-10,13H2,1-2H3. The van der Waals surface area contributed by atoms with Crippen LogP contribution in [0, 0.1) is 13.8 Å². The van der Waals surface area contributed by atoms with Gasteiger partial charge in [-0.1, -0.05) is 30.0 Å². The second kappa shape index (κ2) is 7.12. The number of nitrogens with zero attached hydrogens (tertiary/aromatic N) is 4. The van der Waals surface area contributed by atoms with E-state index in [9.17, 15) is 4.79 Å². The van der Waals surface area contributed by atoms with E-state index in [1.165, 1.54) is 30.3 Å². The third-order valence-corrected chi connectivity index (χ3v) is 7.38. The molecule has 31 heavy (non-hydrogen) atoms. The molecule has 4 aromatic rings. The molecule has 0 radical (unpaired) electrons. The van der Waals surface area contributed by atoms with E-state index in [1.807, 2.05) is 18.3 Å². The molecule has 0 aliphatic heterocycles. The van der Waals surface area contributed by atoms with E-state index in [0.717, 1.165) is 51.5 Å². The highest BCUT2D eigenvalue weighted by atomic mass is 32.2. The number of fused-ring (bicyclic) bond motifs is 1. The van der Waals surface area contributed by atoms with Crippen molar-refractivity contribution in [3.63, 3.8) is 0 Å². The lowest BCUT2D eigenvalue weighted by molar-refractivity contribution is 0.102. The number of nitrogens with one attached hydrogen (secondary N) is 1. The second-order valence-electron chi connectivity index (χ2n) is 8.75. The van der Waals surface area contributed by atoms with E-state index in [4.69, 9.17) is 0 Å². The largest absolute Gasteiger partial charge is 0.360 e. The first kappa shape index (κ1) is 18.9. The smallest absolute Gasteiger partial charge is 0.192 e. The van der Waals surface area contributed by atoms with Gasteiger partial charge in [-0.15, -0.1) is 10.2 Å². The average Bonchev–Trinajstić information content (AvgIpc) is 3.68. The number of aryl methyl sites for hydroxylation is 1. The third-order valence-electron chi connectivity index (χ3n) is 6.44. The van der Waals surface area contributed by atoms with E-state index < -0.39 is 0 Å². The number of ketones is 1. The first-order valence-electron chi connectivity index (χ1n) is 11.0. The van der Waals surface area contributed by atoms with Crippen molar-refractivity contribution in [3.05, 3.63) is 53.5 Å². The number of hydrogen-bond donors (Lipinski definition) is 1. The summed E-state index contributed by atoms with van der Waals surface area (Å²) in [5.74, 6) is 1.44. The molecule has 0 bridgehead atoms. The van der Waals surface area contributed by atoms with Crippen molar-refractivity contribution in [2.24, 2.45) is 0 Å². The van der Waals surface area contributed by atoms with Crippen LogP contribution < -0.4 is 0 Å². The molecule has 0 saturated heterocycles. The van der Waals surface area contributed by atoms with E-state index >= 15 is 0 Å².